The number of rotatable bonds is 2. The van der Waals surface area contributed by atoms with Crippen LogP contribution in [0.15, 0.2) is 18.2 Å². The van der Waals surface area contributed by atoms with Gasteiger partial charge in [0, 0.05) is 5.56 Å². The van der Waals surface area contributed by atoms with E-state index in [0.29, 0.717) is 5.82 Å². The molecule has 0 aliphatic heterocycles. The van der Waals surface area contributed by atoms with Crippen LogP contribution in [0, 0.1) is 19.8 Å². The number of benzene rings is 1. The minimum atomic E-state index is -4.12. The number of hydrogen-bond acceptors (Lipinski definition) is 3. The van der Waals surface area contributed by atoms with E-state index < -0.39 is 12.1 Å². The monoisotopic (exact) mass is 296 g/mol. The molecule has 1 saturated carbocycles. The number of nitrogens with zero attached hydrogens (tertiary/aromatic N) is 4. The summed E-state index contributed by atoms with van der Waals surface area (Å²) in [7, 11) is 0. The van der Waals surface area contributed by atoms with E-state index in [1.807, 2.05) is 32.0 Å². The minimum absolute atomic E-state index is 0.0340. The molecule has 21 heavy (non-hydrogen) atoms. The minimum Gasteiger partial charge on any atom is -0.171 e. The van der Waals surface area contributed by atoms with Gasteiger partial charge in [-0.1, -0.05) is 12.1 Å². The highest BCUT2D eigenvalue weighted by Crippen LogP contribution is 2.46. The first kappa shape index (κ1) is 14.0. The van der Waals surface area contributed by atoms with Crippen LogP contribution < -0.4 is 0 Å². The van der Waals surface area contributed by atoms with Crippen molar-refractivity contribution in [3.05, 3.63) is 29.3 Å². The molecule has 0 saturated heterocycles. The summed E-state index contributed by atoms with van der Waals surface area (Å²) in [4.78, 5) is 1.31. The molecule has 0 spiro atoms. The molecule has 0 radical (unpaired) electrons. The molecule has 0 bridgehead atoms. The van der Waals surface area contributed by atoms with Crippen molar-refractivity contribution in [1.29, 1.82) is 0 Å². The molecule has 0 amide bonds. The Morgan fingerprint density at radius 1 is 1.14 bits per heavy atom. The molecule has 2 aromatic rings. The standard InChI is InChI=1S/C14H15F3N4/c1-8-3-4-10(5-9(8)2)13-18-20-21(19-13)12-6-11(7-12)14(15,16)17/h3-5,11-12H,6-7H2,1-2H3. The fourth-order valence-corrected chi connectivity index (χ4v) is 2.42. The molecule has 1 aromatic carbocycles. The van der Waals surface area contributed by atoms with Crippen molar-refractivity contribution >= 4 is 0 Å². The molecule has 3 rings (SSSR count). The molecular formula is C14H15F3N4. The number of tetrazole rings is 1. The maximum Gasteiger partial charge on any atom is 0.391 e. The van der Waals surface area contributed by atoms with Crippen LogP contribution in [0.5, 0.6) is 0 Å². The molecule has 1 aliphatic carbocycles. The zero-order chi connectivity index (χ0) is 15.2. The molecule has 0 N–H and O–H groups in total. The van der Waals surface area contributed by atoms with Gasteiger partial charge in [0.15, 0.2) is 0 Å². The zero-order valence-corrected chi connectivity index (χ0v) is 11.7. The van der Waals surface area contributed by atoms with Gasteiger partial charge in [-0.3, -0.25) is 0 Å². The number of alkyl halides is 3. The maximum atomic E-state index is 12.5. The summed E-state index contributed by atoms with van der Waals surface area (Å²) in [5.41, 5.74) is 3.11. The predicted molar refractivity (Wildman–Crippen MR) is 70.5 cm³/mol. The van der Waals surface area contributed by atoms with Crippen molar-refractivity contribution in [3.63, 3.8) is 0 Å². The summed E-state index contributed by atoms with van der Waals surface area (Å²) in [6.07, 6.45) is -4.05. The number of halogens is 3. The smallest absolute Gasteiger partial charge is 0.171 e. The van der Waals surface area contributed by atoms with E-state index in [-0.39, 0.29) is 18.9 Å². The van der Waals surface area contributed by atoms with Crippen LogP contribution in [0.2, 0.25) is 0 Å². The van der Waals surface area contributed by atoms with Crippen LogP contribution in [0.1, 0.15) is 30.0 Å². The van der Waals surface area contributed by atoms with Crippen molar-refractivity contribution in [2.75, 3.05) is 0 Å². The van der Waals surface area contributed by atoms with E-state index in [1.165, 1.54) is 4.80 Å². The van der Waals surface area contributed by atoms with Gasteiger partial charge < -0.3 is 0 Å². The first-order valence-electron chi connectivity index (χ1n) is 6.78. The Kier molecular flexibility index (Phi) is 3.22. The fraction of sp³-hybridized carbons (Fsp3) is 0.500. The lowest BCUT2D eigenvalue weighted by molar-refractivity contribution is -0.203. The second-order valence-electron chi connectivity index (χ2n) is 5.60. The lowest BCUT2D eigenvalue weighted by Gasteiger charge is -2.35. The highest BCUT2D eigenvalue weighted by atomic mass is 19.4. The first-order valence-corrected chi connectivity index (χ1v) is 6.78. The van der Waals surface area contributed by atoms with Crippen molar-refractivity contribution in [2.24, 2.45) is 5.92 Å². The molecule has 1 heterocycles. The Hall–Kier alpha value is -1.92. The van der Waals surface area contributed by atoms with E-state index >= 15 is 0 Å². The van der Waals surface area contributed by atoms with Gasteiger partial charge in [0.25, 0.3) is 0 Å². The number of aromatic nitrogens is 4. The number of hydrogen-bond donors (Lipinski definition) is 0. The molecule has 1 fully saturated rings. The first-order chi connectivity index (χ1) is 9.84. The molecule has 0 unspecified atom stereocenters. The van der Waals surface area contributed by atoms with Crippen molar-refractivity contribution < 1.29 is 13.2 Å². The van der Waals surface area contributed by atoms with Gasteiger partial charge in [0.2, 0.25) is 5.82 Å². The van der Waals surface area contributed by atoms with Gasteiger partial charge in [0.1, 0.15) is 0 Å². The molecule has 112 valence electrons. The van der Waals surface area contributed by atoms with Crippen LogP contribution in [0.4, 0.5) is 13.2 Å². The van der Waals surface area contributed by atoms with E-state index in [4.69, 9.17) is 0 Å². The topological polar surface area (TPSA) is 43.6 Å². The zero-order valence-electron chi connectivity index (χ0n) is 11.7. The van der Waals surface area contributed by atoms with Crippen molar-refractivity contribution in [3.8, 4) is 11.4 Å². The molecule has 7 heteroatoms. The highest BCUT2D eigenvalue weighted by molar-refractivity contribution is 5.56. The molecule has 0 atom stereocenters. The Bertz CT molecular complexity index is 656. The second-order valence-corrected chi connectivity index (χ2v) is 5.60. The average Bonchev–Trinajstić information content (AvgIpc) is 2.78. The van der Waals surface area contributed by atoms with Crippen LogP contribution in [0.3, 0.4) is 0 Å². The van der Waals surface area contributed by atoms with E-state index in [9.17, 15) is 13.2 Å². The molecule has 1 aliphatic rings. The third-order valence-corrected chi connectivity index (χ3v) is 4.10. The maximum absolute atomic E-state index is 12.5. The van der Waals surface area contributed by atoms with Gasteiger partial charge in [0.05, 0.1) is 12.0 Å². The van der Waals surface area contributed by atoms with Crippen LogP contribution in [0.25, 0.3) is 11.4 Å². The number of aryl methyl sites for hydroxylation is 2. The van der Waals surface area contributed by atoms with Crippen molar-refractivity contribution in [1.82, 2.24) is 20.2 Å². The lowest BCUT2D eigenvalue weighted by Crippen LogP contribution is -2.37. The fourth-order valence-electron chi connectivity index (χ4n) is 2.42. The van der Waals surface area contributed by atoms with E-state index in [0.717, 1.165) is 16.7 Å². The third-order valence-electron chi connectivity index (χ3n) is 4.10. The van der Waals surface area contributed by atoms with E-state index in [1.54, 1.807) is 0 Å². The Morgan fingerprint density at radius 3 is 2.48 bits per heavy atom. The van der Waals surface area contributed by atoms with Gasteiger partial charge >= 0.3 is 6.18 Å². The Morgan fingerprint density at radius 2 is 1.86 bits per heavy atom. The normalized spacial score (nSPS) is 22.1. The quantitative estimate of drug-likeness (QED) is 0.852. The van der Waals surface area contributed by atoms with Gasteiger partial charge in [-0.25, -0.2) is 0 Å². The van der Waals surface area contributed by atoms with Gasteiger partial charge in [-0.2, -0.15) is 18.0 Å². The van der Waals surface area contributed by atoms with Crippen LogP contribution >= 0.6 is 0 Å². The summed E-state index contributed by atoms with van der Waals surface area (Å²) in [5.74, 6) is -0.785. The average molecular weight is 296 g/mol. The largest absolute Gasteiger partial charge is 0.391 e. The van der Waals surface area contributed by atoms with Crippen LogP contribution in [-0.4, -0.2) is 26.4 Å². The summed E-state index contributed by atoms with van der Waals surface area (Å²) in [6, 6.07) is 5.51. The predicted octanol–water partition coefficient (Wildman–Crippen LogP) is 3.47. The van der Waals surface area contributed by atoms with Crippen LogP contribution in [-0.2, 0) is 0 Å². The third kappa shape index (κ3) is 2.64. The molecule has 1 aromatic heterocycles. The summed E-state index contributed by atoms with van der Waals surface area (Å²) < 4.78 is 37.4. The SMILES string of the molecule is Cc1ccc(-c2nnn(C3CC(C(F)(F)F)C3)n2)cc1C. The summed E-state index contributed by atoms with van der Waals surface area (Å²) in [5, 5.41) is 12.1. The molecule has 4 nitrogen and oxygen atoms in total. The highest BCUT2D eigenvalue weighted by Gasteiger charge is 2.49. The Balaban J connectivity index is 1.74. The van der Waals surface area contributed by atoms with Crippen molar-refractivity contribution in [2.45, 2.75) is 38.9 Å². The van der Waals surface area contributed by atoms with Gasteiger partial charge in [-0.05, 0) is 49.1 Å². The Labute approximate surface area is 120 Å². The van der Waals surface area contributed by atoms with Gasteiger partial charge in [-0.15, -0.1) is 10.2 Å². The summed E-state index contributed by atoms with van der Waals surface area (Å²) >= 11 is 0. The lowest BCUT2D eigenvalue weighted by atomic mass is 9.80. The molecular weight excluding hydrogens is 281 g/mol. The van der Waals surface area contributed by atoms with E-state index in [2.05, 4.69) is 15.4 Å². The summed E-state index contributed by atoms with van der Waals surface area (Å²) in [6.45, 7) is 4.00. The second kappa shape index (κ2) is 4.82.